The van der Waals surface area contributed by atoms with E-state index in [1.165, 1.54) is 24.9 Å². The molecule has 1 amide bonds. The number of benzene rings is 2. The third kappa shape index (κ3) is 4.92. The topological polar surface area (TPSA) is 51.9 Å². The number of ether oxygens (including phenoxy) is 2. The van der Waals surface area contributed by atoms with E-state index in [1.807, 2.05) is 0 Å². The van der Waals surface area contributed by atoms with Gasteiger partial charge in [-0.25, -0.2) is 4.39 Å². The van der Waals surface area contributed by atoms with Gasteiger partial charge in [0.05, 0.1) is 30.2 Å². The van der Waals surface area contributed by atoms with Crippen molar-refractivity contribution >= 4 is 45.8 Å². The third-order valence-electron chi connectivity index (χ3n) is 4.94. The van der Waals surface area contributed by atoms with E-state index >= 15 is 0 Å². The van der Waals surface area contributed by atoms with E-state index in [9.17, 15) is 9.18 Å². The van der Waals surface area contributed by atoms with Gasteiger partial charge in [-0.3, -0.25) is 9.69 Å². The molecule has 0 radical (unpaired) electrons. The largest absolute Gasteiger partial charge is 0.493 e. The number of hydrogen-bond acceptors (Lipinski definition) is 6. The summed E-state index contributed by atoms with van der Waals surface area (Å²) in [4.78, 5) is 14.4. The highest BCUT2D eigenvalue weighted by Crippen LogP contribution is 2.39. The number of nitrogens with zero attached hydrogens (tertiary/aromatic N) is 1. The van der Waals surface area contributed by atoms with E-state index in [4.69, 9.17) is 37.7 Å². The van der Waals surface area contributed by atoms with E-state index < -0.39 is 0 Å². The number of thioether (sulfide) groups is 1. The molecule has 1 saturated heterocycles. The Kier molecular flexibility index (Phi) is 7.03. The summed E-state index contributed by atoms with van der Waals surface area (Å²) < 4.78 is 30.9. The van der Waals surface area contributed by atoms with Gasteiger partial charge >= 0.3 is 0 Å². The lowest BCUT2D eigenvalue weighted by atomic mass is 10.1. The van der Waals surface area contributed by atoms with Crippen LogP contribution in [0.3, 0.4) is 0 Å². The third-order valence-corrected chi connectivity index (χ3v) is 6.80. The number of carbonyl (C=O) groups excluding carboxylic acids is 1. The molecule has 1 aliphatic rings. The smallest absolute Gasteiger partial charge is 0.242 e. The van der Waals surface area contributed by atoms with E-state index in [1.54, 1.807) is 53.6 Å². The van der Waals surface area contributed by atoms with E-state index in [0.717, 1.165) is 5.56 Å². The number of methoxy groups -OCH3 is 1. The Balaban J connectivity index is 1.47. The fourth-order valence-electron chi connectivity index (χ4n) is 3.34. The summed E-state index contributed by atoms with van der Waals surface area (Å²) in [5.74, 6) is 0.969. The number of halogens is 2. The van der Waals surface area contributed by atoms with Crippen molar-refractivity contribution < 1.29 is 23.1 Å². The average molecular weight is 492 g/mol. The Hall–Kier alpha value is -2.55. The van der Waals surface area contributed by atoms with Crippen molar-refractivity contribution in [3.8, 4) is 11.5 Å². The highest BCUT2D eigenvalue weighted by Gasteiger charge is 2.37. The highest BCUT2D eigenvalue weighted by molar-refractivity contribution is 8.24. The standard InChI is InChI=1S/C23H19ClFNO4S2/c1-28-19-10-14(9-17(24)21(19)30-13-15-5-2-3-7-18(15)25)11-20-22(27)26(23(31)32-20)12-16-6-4-8-29-16/h2-10,20H,11-13H2,1H3/t20-/m1/s1. The number of rotatable bonds is 8. The van der Waals surface area contributed by atoms with E-state index in [0.29, 0.717) is 45.1 Å². The first-order valence-corrected chi connectivity index (χ1v) is 11.4. The lowest BCUT2D eigenvalue weighted by molar-refractivity contribution is -0.126. The van der Waals surface area contributed by atoms with Gasteiger partial charge in [0.2, 0.25) is 5.91 Å². The molecule has 0 aliphatic carbocycles. The number of furan rings is 1. The first kappa shape index (κ1) is 22.6. The highest BCUT2D eigenvalue weighted by atomic mass is 35.5. The molecule has 0 spiro atoms. The van der Waals surface area contributed by atoms with Gasteiger partial charge < -0.3 is 13.9 Å². The van der Waals surface area contributed by atoms with Gasteiger partial charge in [0.25, 0.3) is 0 Å². The van der Waals surface area contributed by atoms with Crippen LogP contribution in [0.4, 0.5) is 4.39 Å². The Morgan fingerprint density at radius 2 is 2.06 bits per heavy atom. The summed E-state index contributed by atoms with van der Waals surface area (Å²) in [6, 6.07) is 13.4. The summed E-state index contributed by atoms with van der Waals surface area (Å²) >= 11 is 13.2. The predicted octanol–water partition coefficient (Wildman–Crippen LogP) is 5.63. The van der Waals surface area contributed by atoms with Gasteiger partial charge in [-0.15, -0.1) is 0 Å². The van der Waals surface area contributed by atoms with Crippen molar-refractivity contribution in [3.63, 3.8) is 0 Å². The molecule has 32 heavy (non-hydrogen) atoms. The van der Waals surface area contributed by atoms with Crippen molar-refractivity contribution in [1.29, 1.82) is 0 Å². The second kappa shape index (κ2) is 9.94. The zero-order valence-electron chi connectivity index (χ0n) is 17.0. The molecule has 5 nitrogen and oxygen atoms in total. The number of thiocarbonyl (C=S) groups is 1. The zero-order valence-corrected chi connectivity index (χ0v) is 19.4. The maximum absolute atomic E-state index is 13.9. The Labute approximate surface area is 199 Å². The Morgan fingerprint density at radius 1 is 1.25 bits per heavy atom. The lowest BCUT2D eigenvalue weighted by Crippen LogP contribution is -2.31. The Bertz CT molecular complexity index is 1140. The van der Waals surface area contributed by atoms with Crippen LogP contribution in [0.25, 0.3) is 0 Å². The molecule has 0 bridgehead atoms. The van der Waals surface area contributed by atoms with Crippen LogP contribution in [-0.4, -0.2) is 27.5 Å². The molecule has 2 heterocycles. The molecule has 1 aliphatic heterocycles. The minimum absolute atomic E-state index is 0.00900. The Morgan fingerprint density at radius 3 is 2.78 bits per heavy atom. The van der Waals surface area contributed by atoms with Gasteiger partial charge in [-0.2, -0.15) is 0 Å². The SMILES string of the molecule is COc1cc(C[C@H]2SC(=S)N(Cc3ccco3)C2=O)cc(Cl)c1OCc1ccccc1F. The molecule has 0 saturated carbocycles. The van der Waals surface area contributed by atoms with Crippen LogP contribution in [0.15, 0.2) is 59.2 Å². The molecule has 4 rings (SSSR count). The average Bonchev–Trinajstić information content (AvgIpc) is 3.38. The molecular formula is C23H19ClFNO4S2. The van der Waals surface area contributed by atoms with Gasteiger partial charge in [-0.05, 0) is 42.3 Å². The molecule has 0 N–H and O–H groups in total. The molecule has 166 valence electrons. The van der Waals surface area contributed by atoms with Crippen molar-refractivity contribution in [2.24, 2.45) is 0 Å². The molecule has 1 atom stereocenters. The normalized spacial score (nSPS) is 16.0. The summed E-state index contributed by atoms with van der Waals surface area (Å²) in [6.45, 7) is 0.316. The fraction of sp³-hybridized carbons (Fsp3) is 0.217. The second-order valence-electron chi connectivity index (χ2n) is 7.07. The van der Waals surface area contributed by atoms with Crippen LogP contribution in [-0.2, 0) is 24.4 Å². The van der Waals surface area contributed by atoms with Gasteiger partial charge in [0.15, 0.2) is 11.5 Å². The summed E-state index contributed by atoms with van der Waals surface area (Å²) in [5, 5.41) is -0.0513. The van der Waals surface area contributed by atoms with E-state index in [-0.39, 0.29) is 23.6 Å². The van der Waals surface area contributed by atoms with Crippen molar-refractivity contribution in [2.75, 3.05) is 7.11 Å². The minimum Gasteiger partial charge on any atom is -0.493 e. The molecule has 1 aromatic heterocycles. The molecular weight excluding hydrogens is 473 g/mol. The first-order valence-electron chi connectivity index (χ1n) is 9.73. The van der Waals surface area contributed by atoms with Crippen LogP contribution in [0.1, 0.15) is 16.9 Å². The maximum Gasteiger partial charge on any atom is 0.242 e. The van der Waals surface area contributed by atoms with Gasteiger partial charge in [0.1, 0.15) is 22.5 Å². The molecule has 0 unspecified atom stereocenters. The van der Waals surface area contributed by atoms with Crippen LogP contribution >= 0.6 is 35.6 Å². The van der Waals surface area contributed by atoms with Crippen LogP contribution < -0.4 is 9.47 Å². The quantitative estimate of drug-likeness (QED) is 0.380. The van der Waals surface area contributed by atoms with Crippen molar-refractivity contribution in [3.05, 3.63) is 82.5 Å². The molecule has 1 fully saturated rings. The van der Waals surface area contributed by atoms with Crippen LogP contribution in [0, 0.1) is 5.82 Å². The van der Waals surface area contributed by atoms with Crippen molar-refractivity contribution in [2.45, 2.75) is 24.8 Å². The summed E-state index contributed by atoms with van der Waals surface area (Å²) in [7, 11) is 1.50. The maximum atomic E-state index is 13.9. The monoisotopic (exact) mass is 491 g/mol. The van der Waals surface area contributed by atoms with Gasteiger partial charge in [-0.1, -0.05) is 53.8 Å². The van der Waals surface area contributed by atoms with Crippen molar-refractivity contribution in [1.82, 2.24) is 4.90 Å². The summed E-state index contributed by atoms with van der Waals surface area (Å²) in [5.41, 5.74) is 1.21. The molecule has 3 aromatic rings. The first-order chi connectivity index (χ1) is 15.5. The van der Waals surface area contributed by atoms with E-state index in [2.05, 4.69) is 0 Å². The zero-order chi connectivity index (χ0) is 22.7. The van der Waals surface area contributed by atoms with Crippen LogP contribution in [0.5, 0.6) is 11.5 Å². The summed E-state index contributed by atoms with van der Waals surface area (Å²) in [6.07, 6.45) is 1.98. The molecule has 2 aromatic carbocycles. The van der Waals surface area contributed by atoms with Crippen LogP contribution in [0.2, 0.25) is 5.02 Å². The number of carbonyl (C=O) groups is 1. The van der Waals surface area contributed by atoms with Gasteiger partial charge in [0, 0.05) is 5.56 Å². The fourth-order valence-corrected chi connectivity index (χ4v) is 5.16. The number of amides is 1. The second-order valence-corrected chi connectivity index (χ2v) is 9.31. The minimum atomic E-state index is -0.372. The predicted molar refractivity (Wildman–Crippen MR) is 126 cm³/mol. The lowest BCUT2D eigenvalue weighted by Gasteiger charge is -2.16. The number of hydrogen-bond donors (Lipinski definition) is 0. The molecule has 9 heteroatoms.